The number of anilines is 1. The number of aromatic hydroxyl groups is 1. The number of carbonyl (C=O) groups excluding carboxylic acids is 1. The first kappa shape index (κ1) is 11.5. The van der Waals surface area contributed by atoms with Gasteiger partial charge in [0.1, 0.15) is 0 Å². The Balaban J connectivity index is 2.71. The number of rotatable bonds is 3. The quantitative estimate of drug-likeness (QED) is 0.684. The summed E-state index contributed by atoms with van der Waals surface area (Å²) in [4.78, 5) is 15.4. The SMILES string of the molecule is C[C@H](C(=O)Nc1ncccc1O)[C@@H](C)N. The summed E-state index contributed by atoms with van der Waals surface area (Å²) in [7, 11) is 0. The van der Waals surface area contributed by atoms with Crippen LogP contribution in [0, 0.1) is 5.92 Å². The molecular weight excluding hydrogens is 194 g/mol. The highest BCUT2D eigenvalue weighted by Gasteiger charge is 2.18. The summed E-state index contributed by atoms with van der Waals surface area (Å²) in [6, 6.07) is 2.80. The molecule has 0 aliphatic rings. The zero-order chi connectivity index (χ0) is 11.4. The third-order valence-electron chi connectivity index (χ3n) is 2.23. The van der Waals surface area contributed by atoms with Gasteiger partial charge in [-0.05, 0) is 19.1 Å². The lowest BCUT2D eigenvalue weighted by molar-refractivity contribution is -0.119. The van der Waals surface area contributed by atoms with E-state index in [1.165, 1.54) is 12.3 Å². The molecule has 0 spiro atoms. The maximum atomic E-state index is 11.6. The lowest BCUT2D eigenvalue weighted by Crippen LogP contribution is -2.34. The highest BCUT2D eigenvalue weighted by atomic mass is 16.3. The van der Waals surface area contributed by atoms with Gasteiger partial charge in [0.25, 0.3) is 0 Å². The van der Waals surface area contributed by atoms with E-state index >= 15 is 0 Å². The molecule has 1 rings (SSSR count). The molecule has 0 aliphatic heterocycles. The van der Waals surface area contributed by atoms with Crippen molar-refractivity contribution in [1.82, 2.24) is 4.98 Å². The van der Waals surface area contributed by atoms with E-state index in [1.807, 2.05) is 0 Å². The van der Waals surface area contributed by atoms with Crippen LogP contribution in [0.3, 0.4) is 0 Å². The van der Waals surface area contributed by atoms with Crippen LogP contribution >= 0.6 is 0 Å². The minimum absolute atomic E-state index is 0.0530. The number of aromatic nitrogens is 1. The van der Waals surface area contributed by atoms with Gasteiger partial charge in [-0.3, -0.25) is 4.79 Å². The number of amides is 1. The predicted octanol–water partition coefficient (Wildman–Crippen LogP) is 0.709. The van der Waals surface area contributed by atoms with E-state index in [-0.39, 0.29) is 29.4 Å². The number of carbonyl (C=O) groups is 1. The first-order chi connectivity index (χ1) is 7.02. The van der Waals surface area contributed by atoms with Crippen LogP contribution in [0.5, 0.6) is 5.75 Å². The number of hydrogen-bond donors (Lipinski definition) is 3. The van der Waals surface area contributed by atoms with Gasteiger partial charge in [0.05, 0.1) is 5.92 Å². The molecule has 1 amide bonds. The Bertz CT molecular complexity index is 352. The average molecular weight is 209 g/mol. The van der Waals surface area contributed by atoms with E-state index in [0.717, 1.165) is 0 Å². The molecule has 0 bridgehead atoms. The minimum atomic E-state index is -0.327. The second-order valence-electron chi connectivity index (χ2n) is 3.51. The minimum Gasteiger partial charge on any atom is -0.504 e. The molecule has 0 aliphatic carbocycles. The number of nitrogens with two attached hydrogens (primary N) is 1. The summed E-state index contributed by atoms with van der Waals surface area (Å²) < 4.78 is 0. The predicted molar refractivity (Wildman–Crippen MR) is 57.3 cm³/mol. The Labute approximate surface area is 88.3 Å². The van der Waals surface area contributed by atoms with E-state index in [0.29, 0.717) is 0 Å². The average Bonchev–Trinajstić information content (AvgIpc) is 2.20. The fourth-order valence-electron chi connectivity index (χ4n) is 0.962. The molecule has 0 aromatic carbocycles. The standard InChI is InChI=1S/C10H15N3O2/c1-6(7(2)11)10(15)13-9-8(14)4-3-5-12-9/h3-7,14H,11H2,1-2H3,(H,12,13,15)/t6-,7+/m0/s1. The van der Waals surface area contributed by atoms with Crippen LogP contribution in [0.2, 0.25) is 0 Å². The highest BCUT2D eigenvalue weighted by Crippen LogP contribution is 2.19. The van der Waals surface area contributed by atoms with Gasteiger partial charge in [0.2, 0.25) is 5.91 Å². The number of nitrogens with one attached hydrogen (secondary N) is 1. The van der Waals surface area contributed by atoms with Crippen LogP contribution in [0.1, 0.15) is 13.8 Å². The molecule has 1 aromatic heterocycles. The molecule has 0 radical (unpaired) electrons. The molecule has 1 heterocycles. The topological polar surface area (TPSA) is 88.2 Å². The van der Waals surface area contributed by atoms with Gasteiger partial charge in [-0.15, -0.1) is 0 Å². The van der Waals surface area contributed by atoms with E-state index < -0.39 is 0 Å². The molecule has 82 valence electrons. The van der Waals surface area contributed by atoms with E-state index in [9.17, 15) is 9.90 Å². The van der Waals surface area contributed by atoms with Gasteiger partial charge in [-0.2, -0.15) is 0 Å². The molecule has 0 unspecified atom stereocenters. The van der Waals surface area contributed by atoms with Gasteiger partial charge in [0, 0.05) is 12.2 Å². The van der Waals surface area contributed by atoms with Crippen molar-refractivity contribution < 1.29 is 9.90 Å². The van der Waals surface area contributed by atoms with Crippen LogP contribution in [0.4, 0.5) is 5.82 Å². The third-order valence-corrected chi connectivity index (χ3v) is 2.23. The Morgan fingerprint density at radius 1 is 1.60 bits per heavy atom. The van der Waals surface area contributed by atoms with Crippen molar-refractivity contribution in [3.05, 3.63) is 18.3 Å². The monoisotopic (exact) mass is 209 g/mol. The van der Waals surface area contributed by atoms with Crippen molar-refractivity contribution in [2.75, 3.05) is 5.32 Å². The first-order valence-corrected chi connectivity index (χ1v) is 4.72. The summed E-state index contributed by atoms with van der Waals surface area (Å²) in [5.74, 6) is -0.469. The fraction of sp³-hybridized carbons (Fsp3) is 0.400. The van der Waals surface area contributed by atoms with Crippen LogP contribution in [-0.4, -0.2) is 22.0 Å². The molecule has 15 heavy (non-hydrogen) atoms. The Hall–Kier alpha value is -1.62. The van der Waals surface area contributed by atoms with Crippen molar-refractivity contribution in [2.24, 2.45) is 11.7 Å². The molecule has 1 aromatic rings. The summed E-state index contributed by atoms with van der Waals surface area (Å²) in [5.41, 5.74) is 5.58. The second kappa shape index (κ2) is 4.75. The van der Waals surface area contributed by atoms with Crippen molar-refractivity contribution in [2.45, 2.75) is 19.9 Å². The fourth-order valence-corrected chi connectivity index (χ4v) is 0.962. The van der Waals surface area contributed by atoms with Crippen LogP contribution < -0.4 is 11.1 Å². The molecule has 4 N–H and O–H groups in total. The Morgan fingerprint density at radius 2 is 2.27 bits per heavy atom. The summed E-state index contributed by atoms with van der Waals surface area (Å²) >= 11 is 0. The highest BCUT2D eigenvalue weighted by molar-refractivity contribution is 5.92. The smallest absolute Gasteiger partial charge is 0.230 e. The van der Waals surface area contributed by atoms with Gasteiger partial charge in [0.15, 0.2) is 11.6 Å². The largest absolute Gasteiger partial charge is 0.504 e. The lowest BCUT2D eigenvalue weighted by Gasteiger charge is -2.15. The maximum absolute atomic E-state index is 11.6. The maximum Gasteiger partial charge on any atom is 0.230 e. The van der Waals surface area contributed by atoms with Gasteiger partial charge >= 0.3 is 0 Å². The van der Waals surface area contributed by atoms with E-state index in [4.69, 9.17) is 5.73 Å². The molecule has 5 nitrogen and oxygen atoms in total. The number of hydrogen-bond acceptors (Lipinski definition) is 4. The summed E-state index contributed by atoms with van der Waals surface area (Å²) in [6.07, 6.45) is 1.49. The van der Waals surface area contributed by atoms with Crippen LogP contribution in [0.25, 0.3) is 0 Å². The molecular formula is C10H15N3O2. The molecule has 0 saturated carbocycles. The second-order valence-corrected chi connectivity index (χ2v) is 3.51. The van der Waals surface area contributed by atoms with Crippen LogP contribution in [0.15, 0.2) is 18.3 Å². The zero-order valence-electron chi connectivity index (χ0n) is 8.77. The van der Waals surface area contributed by atoms with Crippen molar-refractivity contribution >= 4 is 11.7 Å². The van der Waals surface area contributed by atoms with Crippen molar-refractivity contribution in [3.8, 4) is 5.75 Å². The van der Waals surface area contributed by atoms with E-state index in [2.05, 4.69) is 10.3 Å². The molecule has 0 fully saturated rings. The third kappa shape index (κ3) is 2.92. The summed E-state index contributed by atoms with van der Waals surface area (Å²) in [5, 5.41) is 11.9. The molecule has 5 heteroatoms. The first-order valence-electron chi connectivity index (χ1n) is 4.72. The van der Waals surface area contributed by atoms with E-state index in [1.54, 1.807) is 19.9 Å². The molecule has 2 atom stereocenters. The van der Waals surface area contributed by atoms with Gasteiger partial charge in [-0.25, -0.2) is 4.98 Å². The number of pyridine rings is 1. The Morgan fingerprint density at radius 3 is 2.80 bits per heavy atom. The number of nitrogens with zero attached hydrogens (tertiary/aromatic N) is 1. The lowest BCUT2D eigenvalue weighted by atomic mass is 10.0. The summed E-state index contributed by atoms with van der Waals surface area (Å²) in [6.45, 7) is 3.47. The molecule has 0 saturated heterocycles. The normalized spacial score (nSPS) is 14.3. The van der Waals surface area contributed by atoms with Gasteiger partial charge in [-0.1, -0.05) is 6.92 Å². The van der Waals surface area contributed by atoms with Crippen LogP contribution in [-0.2, 0) is 4.79 Å². The zero-order valence-corrected chi connectivity index (χ0v) is 8.77. The van der Waals surface area contributed by atoms with Crippen molar-refractivity contribution in [3.63, 3.8) is 0 Å². The Kier molecular flexibility index (Phi) is 3.62. The van der Waals surface area contributed by atoms with Crippen molar-refractivity contribution in [1.29, 1.82) is 0 Å². The van der Waals surface area contributed by atoms with Gasteiger partial charge < -0.3 is 16.2 Å².